The Bertz CT molecular complexity index is 698. The SMILES string of the molecule is O=C(O)C1CCCN(C(=O)NCc2csc3ccccc23)C1. The molecule has 3 rings (SSSR count). The highest BCUT2D eigenvalue weighted by Gasteiger charge is 2.27. The lowest BCUT2D eigenvalue weighted by atomic mass is 9.99. The molecule has 6 heteroatoms. The summed E-state index contributed by atoms with van der Waals surface area (Å²) in [6.07, 6.45) is 1.39. The van der Waals surface area contributed by atoms with Crippen molar-refractivity contribution in [1.82, 2.24) is 10.2 Å². The Morgan fingerprint density at radius 2 is 2.18 bits per heavy atom. The van der Waals surface area contributed by atoms with Crippen molar-refractivity contribution in [2.45, 2.75) is 19.4 Å². The first-order valence-corrected chi connectivity index (χ1v) is 8.24. The van der Waals surface area contributed by atoms with E-state index >= 15 is 0 Å². The first kappa shape index (κ1) is 14.8. The fraction of sp³-hybridized carbons (Fsp3) is 0.375. The maximum absolute atomic E-state index is 12.2. The number of hydrogen-bond acceptors (Lipinski definition) is 3. The van der Waals surface area contributed by atoms with Crippen molar-refractivity contribution in [3.05, 3.63) is 35.2 Å². The first-order valence-electron chi connectivity index (χ1n) is 7.36. The second-order valence-electron chi connectivity index (χ2n) is 5.54. The van der Waals surface area contributed by atoms with Gasteiger partial charge in [0.1, 0.15) is 0 Å². The number of carbonyl (C=O) groups is 2. The maximum atomic E-state index is 12.2. The van der Waals surface area contributed by atoms with E-state index in [0.29, 0.717) is 26.1 Å². The number of piperidine rings is 1. The summed E-state index contributed by atoms with van der Waals surface area (Å²) in [6.45, 7) is 1.39. The summed E-state index contributed by atoms with van der Waals surface area (Å²) in [6, 6.07) is 7.92. The van der Waals surface area contributed by atoms with E-state index in [-0.39, 0.29) is 6.03 Å². The number of carboxylic acids is 1. The van der Waals surface area contributed by atoms with Gasteiger partial charge in [0.05, 0.1) is 5.92 Å². The van der Waals surface area contributed by atoms with Crippen molar-refractivity contribution in [2.75, 3.05) is 13.1 Å². The summed E-state index contributed by atoms with van der Waals surface area (Å²) in [4.78, 5) is 24.9. The number of nitrogens with one attached hydrogen (secondary N) is 1. The number of thiophene rings is 1. The summed E-state index contributed by atoms with van der Waals surface area (Å²) in [5.41, 5.74) is 1.10. The van der Waals surface area contributed by atoms with Crippen LogP contribution in [-0.2, 0) is 11.3 Å². The third-order valence-electron chi connectivity index (χ3n) is 4.05. The highest BCUT2D eigenvalue weighted by Crippen LogP contribution is 2.25. The third kappa shape index (κ3) is 3.06. The normalized spacial score (nSPS) is 18.4. The van der Waals surface area contributed by atoms with E-state index < -0.39 is 11.9 Å². The summed E-state index contributed by atoms with van der Waals surface area (Å²) in [5, 5.41) is 15.2. The number of benzene rings is 1. The molecule has 0 spiro atoms. The number of amides is 2. The Labute approximate surface area is 132 Å². The monoisotopic (exact) mass is 318 g/mol. The van der Waals surface area contributed by atoms with E-state index in [1.807, 2.05) is 12.1 Å². The van der Waals surface area contributed by atoms with Gasteiger partial charge in [-0.05, 0) is 35.2 Å². The lowest BCUT2D eigenvalue weighted by molar-refractivity contribution is -0.143. The van der Waals surface area contributed by atoms with Crippen LogP contribution in [0.3, 0.4) is 0 Å². The number of aliphatic carboxylic acids is 1. The Balaban J connectivity index is 1.61. The van der Waals surface area contributed by atoms with Gasteiger partial charge in [-0.3, -0.25) is 4.79 Å². The van der Waals surface area contributed by atoms with Crippen molar-refractivity contribution in [3.63, 3.8) is 0 Å². The second kappa shape index (κ2) is 6.36. The molecule has 1 unspecified atom stereocenters. The van der Waals surface area contributed by atoms with Gasteiger partial charge in [-0.1, -0.05) is 18.2 Å². The quantitative estimate of drug-likeness (QED) is 0.914. The Hall–Kier alpha value is -2.08. The Kier molecular flexibility index (Phi) is 4.29. The molecule has 1 atom stereocenters. The van der Waals surface area contributed by atoms with Crippen LogP contribution in [0.25, 0.3) is 10.1 Å². The molecule has 116 valence electrons. The van der Waals surface area contributed by atoms with Crippen LogP contribution in [-0.4, -0.2) is 35.1 Å². The molecule has 2 aromatic rings. The fourth-order valence-electron chi connectivity index (χ4n) is 2.82. The second-order valence-corrected chi connectivity index (χ2v) is 6.45. The van der Waals surface area contributed by atoms with Gasteiger partial charge in [0.2, 0.25) is 0 Å². The molecule has 1 saturated heterocycles. The van der Waals surface area contributed by atoms with E-state index in [9.17, 15) is 9.59 Å². The highest BCUT2D eigenvalue weighted by molar-refractivity contribution is 7.17. The van der Waals surface area contributed by atoms with Crippen LogP contribution < -0.4 is 5.32 Å². The highest BCUT2D eigenvalue weighted by atomic mass is 32.1. The van der Waals surface area contributed by atoms with Gasteiger partial charge < -0.3 is 15.3 Å². The molecular weight excluding hydrogens is 300 g/mol. The van der Waals surface area contributed by atoms with Gasteiger partial charge in [-0.25, -0.2) is 4.79 Å². The van der Waals surface area contributed by atoms with Crippen LogP contribution in [0, 0.1) is 5.92 Å². The van der Waals surface area contributed by atoms with Crippen LogP contribution >= 0.6 is 11.3 Å². The zero-order chi connectivity index (χ0) is 15.5. The maximum Gasteiger partial charge on any atom is 0.317 e. The minimum absolute atomic E-state index is 0.179. The lowest BCUT2D eigenvalue weighted by Crippen LogP contribution is -2.46. The largest absolute Gasteiger partial charge is 0.481 e. The average Bonchev–Trinajstić information content (AvgIpc) is 2.96. The van der Waals surface area contributed by atoms with Crippen LogP contribution in [0.5, 0.6) is 0 Å². The number of hydrogen-bond donors (Lipinski definition) is 2. The van der Waals surface area contributed by atoms with E-state index in [0.717, 1.165) is 17.4 Å². The Morgan fingerprint density at radius 3 is 3.00 bits per heavy atom. The standard InChI is InChI=1S/C16H18N2O3S/c19-15(20)11-4-3-7-18(9-11)16(21)17-8-12-10-22-14-6-2-1-5-13(12)14/h1-2,5-6,10-11H,3-4,7-9H2,(H,17,21)(H,19,20). The summed E-state index contributed by atoms with van der Waals surface area (Å²) >= 11 is 1.66. The van der Waals surface area contributed by atoms with Crippen LogP contribution in [0.2, 0.25) is 0 Å². The molecule has 22 heavy (non-hydrogen) atoms. The van der Waals surface area contributed by atoms with Crippen LogP contribution in [0.4, 0.5) is 4.79 Å². The average molecular weight is 318 g/mol. The van der Waals surface area contributed by atoms with Gasteiger partial charge in [0.25, 0.3) is 0 Å². The predicted molar refractivity (Wildman–Crippen MR) is 86.0 cm³/mol. The zero-order valence-electron chi connectivity index (χ0n) is 12.1. The number of carbonyl (C=O) groups excluding carboxylic acids is 1. The van der Waals surface area contributed by atoms with Gasteiger partial charge in [-0.2, -0.15) is 0 Å². The minimum Gasteiger partial charge on any atom is -0.481 e. The molecule has 2 heterocycles. The zero-order valence-corrected chi connectivity index (χ0v) is 12.9. The number of fused-ring (bicyclic) bond motifs is 1. The first-order chi connectivity index (χ1) is 10.6. The summed E-state index contributed by atoms with van der Waals surface area (Å²) in [7, 11) is 0. The number of likely N-dealkylation sites (tertiary alicyclic amines) is 1. The molecular formula is C16H18N2O3S. The molecule has 1 aliphatic rings. The van der Waals surface area contributed by atoms with Crippen LogP contribution in [0.15, 0.2) is 29.6 Å². The molecule has 0 radical (unpaired) electrons. The molecule has 1 aromatic heterocycles. The van der Waals surface area contributed by atoms with E-state index in [1.165, 1.54) is 4.70 Å². The third-order valence-corrected chi connectivity index (χ3v) is 5.06. The molecule has 5 nitrogen and oxygen atoms in total. The van der Waals surface area contributed by atoms with Gasteiger partial charge >= 0.3 is 12.0 Å². The van der Waals surface area contributed by atoms with Crippen LogP contribution in [0.1, 0.15) is 18.4 Å². The molecule has 1 fully saturated rings. The molecule has 1 aromatic carbocycles. The van der Waals surface area contributed by atoms with E-state index in [1.54, 1.807) is 16.2 Å². The number of rotatable bonds is 3. The summed E-state index contributed by atoms with van der Waals surface area (Å²) < 4.78 is 1.20. The minimum atomic E-state index is -0.818. The number of urea groups is 1. The molecule has 0 saturated carbocycles. The molecule has 0 aliphatic carbocycles. The smallest absolute Gasteiger partial charge is 0.317 e. The number of carboxylic acid groups (broad SMARTS) is 1. The topological polar surface area (TPSA) is 69.6 Å². The van der Waals surface area contributed by atoms with Crippen molar-refractivity contribution in [2.24, 2.45) is 5.92 Å². The Morgan fingerprint density at radius 1 is 1.36 bits per heavy atom. The van der Waals surface area contributed by atoms with Crippen molar-refractivity contribution in [1.29, 1.82) is 0 Å². The molecule has 1 aliphatic heterocycles. The molecule has 2 N–H and O–H groups in total. The van der Waals surface area contributed by atoms with Gasteiger partial charge in [-0.15, -0.1) is 11.3 Å². The summed E-state index contributed by atoms with van der Waals surface area (Å²) in [5.74, 6) is -1.26. The fourth-order valence-corrected chi connectivity index (χ4v) is 3.78. The molecule has 2 amide bonds. The van der Waals surface area contributed by atoms with Gasteiger partial charge in [0, 0.05) is 24.3 Å². The molecule has 0 bridgehead atoms. The lowest BCUT2D eigenvalue weighted by Gasteiger charge is -2.30. The number of nitrogens with zero attached hydrogens (tertiary/aromatic N) is 1. The van der Waals surface area contributed by atoms with Crippen molar-refractivity contribution in [3.8, 4) is 0 Å². The van der Waals surface area contributed by atoms with Crippen molar-refractivity contribution >= 4 is 33.4 Å². The van der Waals surface area contributed by atoms with E-state index in [2.05, 4.69) is 22.8 Å². The predicted octanol–water partition coefficient (Wildman–Crippen LogP) is 2.91. The van der Waals surface area contributed by atoms with Crippen molar-refractivity contribution < 1.29 is 14.7 Å². The van der Waals surface area contributed by atoms with Gasteiger partial charge in [0.15, 0.2) is 0 Å². The van der Waals surface area contributed by atoms with E-state index in [4.69, 9.17) is 5.11 Å².